The number of thiazole rings is 1. The van der Waals surface area contributed by atoms with E-state index in [1.54, 1.807) is 36.8 Å². The second-order valence-electron chi connectivity index (χ2n) is 6.60. The molecule has 1 aromatic heterocycles. The first kappa shape index (κ1) is 22.1. The highest BCUT2D eigenvalue weighted by Gasteiger charge is 2.14. The number of hydrogen-bond donors (Lipinski definition) is 2. The Bertz CT molecular complexity index is 1100. The molecule has 9 heteroatoms. The lowest BCUT2D eigenvalue weighted by Gasteiger charge is -2.10. The van der Waals surface area contributed by atoms with Crippen LogP contribution >= 0.6 is 11.3 Å². The first-order chi connectivity index (χ1) is 14.9. The van der Waals surface area contributed by atoms with E-state index < -0.39 is 0 Å². The van der Waals surface area contributed by atoms with E-state index in [4.69, 9.17) is 14.2 Å². The number of aromatic nitrogens is 1. The Morgan fingerprint density at radius 1 is 0.935 bits per heavy atom. The van der Waals surface area contributed by atoms with E-state index in [-0.39, 0.29) is 18.2 Å². The maximum Gasteiger partial charge on any atom is 0.257 e. The number of rotatable bonds is 8. The Hall–Kier alpha value is -3.59. The maximum atomic E-state index is 12.5. The zero-order valence-electron chi connectivity index (χ0n) is 17.6. The molecule has 2 N–H and O–H groups in total. The van der Waals surface area contributed by atoms with Gasteiger partial charge in [-0.15, -0.1) is 11.3 Å². The van der Waals surface area contributed by atoms with Crippen LogP contribution in [-0.2, 0) is 11.2 Å². The van der Waals surface area contributed by atoms with E-state index >= 15 is 0 Å². The lowest BCUT2D eigenvalue weighted by atomic mass is 10.2. The van der Waals surface area contributed by atoms with Crippen molar-refractivity contribution in [3.63, 3.8) is 0 Å². The van der Waals surface area contributed by atoms with Crippen LogP contribution in [-0.4, -0.2) is 38.1 Å². The second kappa shape index (κ2) is 9.94. The van der Waals surface area contributed by atoms with E-state index in [1.165, 1.54) is 25.6 Å². The van der Waals surface area contributed by atoms with Crippen molar-refractivity contribution < 1.29 is 23.8 Å². The first-order valence-corrected chi connectivity index (χ1v) is 10.2. The fourth-order valence-corrected chi connectivity index (χ4v) is 3.56. The number of anilines is 2. The molecule has 0 aliphatic carbocycles. The number of ether oxygens (including phenoxy) is 3. The minimum Gasteiger partial charge on any atom is -0.495 e. The van der Waals surface area contributed by atoms with E-state index in [9.17, 15) is 9.59 Å². The summed E-state index contributed by atoms with van der Waals surface area (Å²) in [5.74, 6) is 1.01. The minimum atomic E-state index is -0.337. The molecule has 0 bridgehead atoms. The van der Waals surface area contributed by atoms with Crippen molar-refractivity contribution in [1.82, 2.24) is 4.98 Å². The van der Waals surface area contributed by atoms with Gasteiger partial charge in [-0.1, -0.05) is 6.07 Å². The summed E-state index contributed by atoms with van der Waals surface area (Å²) in [7, 11) is 4.59. The summed E-state index contributed by atoms with van der Waals surface area (Å²) in [6.07, 6.45) is 0.0692. The van der Waals surface area contributed by atoms with Crippen molar-refractivity contribution in [2.45, 2.75) is 13.3 Å². The number of nitrogens with zero attached hydrogens (tertiary/aromatic N) is 1. The van der Waals surface area contributed by atoms with Gasteiger partial charge in [0.15, 0.2) is 16.6 Å². The average Bonchev–Trinajstić information content (AvgIpc) is 3.20. The van der Waals surface area contributed by atoms with Gasteiger partial charge in [-0.25, -0.2) is 4.98 Å². The SMILES string of the molecule is COc1cc(C)ccc1NC(=O)Cc1csc(NC(=O)c2ccc(OC)c(OC)c2)n1. The molecule has 0 aliphatic heterocycles. The molecular formula is C22H23N3O5S. The van der Waals surface area contributed by atoms with Crippen molar-refractivity contribution in [1.29, 1.82) is 0 Å². The third-order valence-electron chi connectivity index (χ3n) is 4.39. The predicted molar refractivity (Wildman–Crippen MR) is 120 cm³/mol. The van der Waals surface area contributed by atoms with Gasteiger partial charge in [0.05, 0.1) is 39.1 Å². The van der Waals surface area contributed by atoms with Crippen LogP contribution in [0.2, 0.25) is 0 Å². The van der Waals surface area contributed by atoms with Gasteiger partial charge in [0, 0.05) is 10.9 Å². The summed E-state index contributed by atoms with van der Waals surface area (Å²) >= 11 is 1.24. The molecule has 2 aromatic carbocycles. The lowest BCUT2D eigenvalue weighted by molar-refractivity contribution is -0.115. The monoisotopic (exact) mass is 441 g/mol. The normalized spacial score (nSPS) is 10.3. The fraction of sp³-hybridized carbons (Fsp3) is 0.227. The highest BCUT2D eigenvalue weighted by Crippen LogP contribution is 2.28. The molecule has 8 nitrogen and oxygen atoms in total. The van der Waals surface area contributed by atoms with Crippen LogP contribution < -0.4 is 24.8 Å². The highest BCUT2D eigenvalue weighted by molar-refractivity contribution is 7.14. The standard InChI is InChI=1S/C22H23N3O5S/c1-13-5-7-16(18(9-13)29-3)24-20(26)11-15-12-31-22(23-15)25-21(27)14-6-8-17(28-2)19(10-14)30-4/h5-10,12H,11H2,1-4H3,(H,24,26)(H,23,25,27). The Morgan fingerprint density at radius 3 is 2.39 bits per heavy atom. The zero-order chi connectivity index (χ0) is 22.4. The van der Waals surface area contributed by atoms with Gasteiger partial charge in [0.1, 0.15) is 5.75 Å². The Balaban J connectivity index is 1.62. The van der Waals surface area contributed by atoms with Crippen molar-refractivity contribution in [3.8, 4) is 17.2 Å². The molecular weight excluding hydrogens is 418 g/mol. The Kier molecular flexibility index (Phi) is 7.09. The maximum absolute atomic E-state index is 12.5. The highest BCUT2D eigenvalue weighted by atomic mass is 32.1. The van der Waals surface area contributed by atoms with Crippen molar-refractivity contribution >= 4 is 34.0 Å². The van der Waals surface area contributed by atoms with Crippen LogP contribution in [0, 0.1) is 6.92 Å². The summed E-state index contributed by atoms with van der Waals surface area (Å²) in [5.41, 5.74) is 2.58. The third-order valence-corrected chi connectivity index (χ3v) is 5.20. The molecule has 0 atom stereocenters. The van der Waals surface area contributed by atoms with Gasteiger partial charge < -0.3 is 19.5 Å². The van der Waals surface area contributed by atoms with E-state index in [0.29, 0.717) is 39.3 Å². The summed E-state index contributed by atoms with van der Waals surface area (Å²) in [6, 6.07) is 10.4. The summed E-state index contributed by atoms with van der Waals surface area (Å²) in [4.78, 5) is 29.3. The van der Waals surface area contributed by atoms with Crippen molar-refractivity contribution in [3.05, 3.63) is 58.6 Å². The van der Waals surface area contributed by atoms with Gasteiger partial charge in [-0.05, 0) is 42.8 Å². The summed E-state index contributed by atoms with van der Waals surface area (Å²) in [6.45, 7) is 1.95. The molecule has 0 aliphatic rings. The van der Waals surface area contributed by atoms with Crippen LogP contribution in [0.5, 0.6) is 17.2 Å². The number of amides is 2. The molecule has 0 radical (unpaired) electrons. The molecule has 0 unspecified atom stereocenters. The molecule has 3 rings (SSSR count). The molecule has 0 saturated heterocycles. The van der Waals surface area contributed by atoms with Crippen LogP contribution in [0.3, 0.4) is 0 Å². The number of hydrogen-bond acceptors (Lipinski definition) is 7. The van der Waals surface area contributed by atoms with Crippen LogP contribution in [0.25, 0.3) is 0 Å². The van der Waals surface area contributed by atoms with Gasteiger partial charge in [-0.2, -0.15) is 0 Å². The number of benzene rings is 2. The molecule has 1 heterocycles. The molecule has 162 valence electrons. The molecule has 31 heavy (non-hydrogen) atoms. The summed E-state index contributed by atoms with van der Waals surface area (Å²) in [5, 5.41) is 7.69. The first-order valence-electron chi connectivity index (χ1n) is 9.35. The van der Waals surface area contributed by atoms with E-state index in [2.05, 4.69) is 15.6 Å². The molecule has 0 spiro atoms. The quantitative estimate of drug-likeness (QED) is 0.550. The Morgan fingerprint density at radius 2 is 1.68 bits per heavy atom. The predicted octanol–water partition coefficient (Wildman–Crippen LogP) is 3.91. The van der Waals surface area contributed by atoms with Crippen LogP contribution in [0.4, 0.5) is 10.8 Å². The van der Waals surface area contributed by atoms with Crippen LogP contribution in [0.1, 0.15) is 21.6 Å². The number of carbonyl (C=O) groups is 2. The molecule has 2 amide bonds. The summed E-state index contributed by atoms with van der Waals surface area (Å²) < 4.78 is 15.7. The van der Waals surface area contributed by atoms with Gasteiger partial charge in [0.25, 0.3) is 5.91 Å². The zero-order valence-corrected chi connectivity index (χ0v) is 18.5. The van der Waals surface area contributed by atoms with Crippen molar-refractivity contribution in [2.24, 2.45) is 0 Å². The smallest absolute Gasteiger partial charge is 0.257 e. The number of nitrogens with one attached hydrogen (secondary N) is 2. The van der Waals surface area contributed by atoms with Gasteiger partial charge in [0.2, 0.25) is 5.91 Å². The molecule has 0 fully saturated rings. The van der Waals surface area contributed by atoms with E-state index in [1.807, 2.05) is 19.1 Å². The topological polar surface area (TPSA) is 98.8 Å². The molecule has 3 aromatic rings. The minimum absolute atomic E-state index is 0.0692. The number of methoxy groups -OCH3 is 3. The lowest BCUT2D eigenvalue weighted by Crippen LogP contribution is -2.15. The molecule has 0 saturated carbocycles. The van der Waals surface area contributed by atoms with Gasteiger partial charge in [-0.3, -0.25) is 14.9 Å². The second-order valence-corrected chi connectivity index (χ2v) is 7.45. The Labute approximate surface area is 184 Å². The van der Waals surface area contributed by atoms with Gasteiger partial charge >= 0.3 is 0 Å². The fourth-order valence-electron chi connectivity index (χ4n) is 2.85. The van der Waals surface area contributed by atoms with Crippen LogP contribution in [0.15, 0.2) is 41.8 Å². The number of aryl methyl sites for hydroxylation is 1. The average molecular weight is 442 g/mol. The van der Waals surface area contributed by atoms with Crippen molar-refractivity contribution in [2.75, 3.05) is 32.0 Å². The van der Waals surface area contributed by atoms with E-state index in [0.717, 1.165) is 5.56 Å². The largest absolute Gasteiger partial charge is 0.495 e. The third kappa shape index (κ3) is 5.52. The number of carbonyl (C=O) groups excluding carboxylic acids is 2.